The number of rotatable bonds is 5. The molecule has 2 fully saturated rings. The number of benzene rings is 1. The molecule has 1 amide bonds. The quantitative estimate of drug-likeness (QED) is 0.828. The van der Waals surface area contributed by atoms with Crippen molar-refractivity contribution in [2.24, 2.45) is 0 Å². The number of hydrogen-bond acceptors (Lipinski definition) is 6. The molecule has 29 heavy (non-hydrogen) atoms. The zero-order valence-corrected chi connectivity index (χ0v) is 17.4. The number of carbonyl (C=O) groups excluding carboxylic acids is 1. The molecule has 3 heterocycles. The number of ether oxygens (including phenoxy) is 3. The van der Waals surface area contributed by atoms with Crippen molar-refractivity contribution in [2.75, 3.05) is 39.4 Å². The molecule has 8 heteroatoms. The minimum atomic E-state index is -0.550. The number of aromatic nitrogens is 2. The summed E-state index contributed by atoms with van der Waals surface area (Å²) in [6.07, 6.45) is 0.552. The summed E-state index contributed by atoms with van der Waals surface area (Å²) < 4.78 is 17.0. The average Bonchev–Trinajstić information content (AvgIpc) is 3.29. The van der Waals surface area contributed by atoms with Crippen molar-refractivity contribution in [2.45, 2.75) is 45.1 Å². The van der Waals surface area contributed by atoms with Gasteiger partial charge in [0.1, 0.15) is 5.82 Å². The summed E-state index contributed by atoms with van der Waals surface area (Å²) in [4.78, 5) is 24.5. The van der Waals surface area contributed by atoms with Crippen LogP contribution in [0.25, 0.3) is 11.0 Å². The normalized spacial score (nSPS) is 23.4. The first kappa shape index (κ1) is 20.1. The van der Waals surface area contributed by atoms with Gasteiger partial charge in [0.25, 0.3) is 0 Å². The number of H-pyrrole nitrogens is 1. The van der Waals surface area contributed by atoms with Crippen LogP contribution in [-0.4, -0.2) is 77.1 Å². The van der Waals surface area contributed by atoms with Gasteiger partial charge in [0.05, 0.1) is 36.4 Å². The summed E-state index contributed by atoms with van der Waals surface area (Å²) in [5, 5.41) is 0. The predicted molar refractivity (Wildman–Crippen MR) is 109 cm³/mol. The van der Waals surface area contributed by atoms with Crippen LogP contribution in [0.4, 0.5) is 4.79 Å². The molecule has 0 radical (unpaired) electrons. The lowest BCUT2D eigenvalue weighted by Gasteiger charge is -2.38. The second-order valence-corrected chi connectivity index (χ2v) is 8.06. The number of hydrogen-bond donors (Lipinski definition) is 1. The third kappa shape index (κ3) is 4.55. The second-order valence-electron chi connectivity index (χ2n) is 8.06. The fourth-order valence-electron chi connectivity index (χ4n) is 4.12. The van der Waals surface area contributed by atoms with Gasteiger partial charge in [-0.25, -0.2) is 9.78 Å². The maximum atomic E-state index is 12.0. The van der Waals surface area contributed by atoms with E-state index in [-0.39, 0.29) is 18.2 Å². The summed E-state index contributed by atoms with van der Waals surface area (Å²) in [6.45, 7) is 9.50. The third-order valence-corrected chi connectivity index (χ3v) is 5.56. The first-order valence-corrected chi connectivity index (χ1v) is 10.4. The largest absolute Gasteiger partial charge is 0.450 e. The summed E-state index contributed by atoms with van der Waals surface area (Å²) >= 11 is 0. The molecule has 158 valence electrons. The van der Waals surface area contributed by atoms with E-state index in [0.717, 1.165) is 36.4 Å². The van der Waals surface area contributed by atoms with Gasteiger partial charge in [0.15, 0.2) is 5.79 Å². The van der Waals surface area contributed by atoms with Gasteiger partial charge in [-0.1, -0.05) is 12.1 Å². The molecular weight excluding hydrogens is 372 g/mol. The SMILES string of the molecule is CCOC(=O)N1CCN(C(CC2COC(C)(C)O2)c2nc3ccccc3[nH]2)CC1. The Morgan fingerprint density at radius 3 is 2.72 bits per heavy atom. The molecule has 0 saturated carbocycles. The minimum Gasteiger partial charge on any atom is -0.450 e. The minimum absolute atomic E-state index is 0.00583. The highest BCUT2D eigenvalue weighted by Crippen LogP contribution is 2.32. The van der Waals surface area contributed by atoms with Crippen molar-refractivity contribution < 1.29 is 19.0 Å². The van der Waals surface area contributed by atoms with Crippen LogP contribution in [-0.2, 0) is 14.2 Å². The first-order valence-electron chi connectivity index (χ1n) is 10.4. The monoisotopic (exact) mass is 402 g/mol. The number of fused-ring (bicyclic) bond motifs is 1. The van der Waals surface area contributed by atoms with E-state index in [1.54, 1.807) is 4.90 Å². The van der Waals surface area contributed by atoms with E-state index in [0.29, 0.717) is 26.3 Å². The number of carbonyl (C=O) groups is 1. The highest BCUT2D eigenvalue weighted by atomic mass is 16.7. The van der Waals surface area contributed by atoms with E-state index < -0.39 is 5.79 Å². The van der Waals surface area contributed by atoms with Crippen LogP contribution in [0.3, 0.4) is 0 Å². The second kappa shape index (κ2) is 8.30. The molecule has 1 aromatic heterocycles. The lowest BCUT2D eigenvalue weighted by atomic mass is 10.1. The molecule has 0 bridgehead atoms. The van der Waals surface area contributed by atoms with Crippen molar-refractivity contribution in [3.63, 3.8) is 0 Å². The molecule has 1 aromatic carbocycles. The first-order chi connectivity index (χ1) is 13.9. The summed E-state index contributed by atoms with van der Waals surface area (Å²) in [7, 11) is 0. The van der Waals surface area contributed by atoms with Crippen LogP contribution < -0.4 is 0 Å². The Kier molecular flexibility index (Phi) is 5.76. The molecule has 2 atom stereocenters. The number of para-hydroxylation sites is 2. The van der Waals surface area contributed by atoms with Crippen LogP contribution in [0.5, 0.6) is 0 Å². The van der Waals surface area contributed by atoms with Gasteiger partial charge in [-0.2, -0.15) is 0 Å². The Bertz CT molecular complexity index is 811. The van der Waals surface area contributed by atoms with E-state index in [9.17, 15) is 4.79 Å². The zero-order valence-electron chi connectivity index (χ0n) is 17.4. The van der Waals surface area contributed by atoms with Crippen molar-refractivity contribution in [3.05, 3.63) is 30.1 Å². The molecule has 0 aliphatic carbocycles. The van der Waals surface area contributed by atoms with Gasteiger partial charge in [-0.15, -0.1) is 0 Å². The Morgan fingerprint density at radius 2 is 2.07 bits per heavy atom. The number of nitrogens with one attached hydrogen (secondary N) is 1. The van der Waals surface area contributed by atoms with Gasteiger partial charge < -0.3 is 24.1 Å². The lowest BCUT2D eigenvalue weighted by Crippen LogP contribution is -2.50. The molecule has 2 aliphatic heterocycles. The van der Waals surface area contributed by atoms with Crippen molar-refractivity contribution in [1.29, 1.82) is 0 Å². The smallest absolute Gasteiger partial charge is 0.409 e. The van der Waals surface area contributed by atoms with Gasteiger partial charge in [0, 0.05) is 26.2 Å². The third-order valence-electron chi connectivity index (χ3n) is 5.56. The number of imidazole rings is 1. The number of piperazine rings is 1. The number of aromatic amines is 1. The van der Waals surface area contributed by atoms with E-state index in [1.807, 2.05) is 45.0 Å². The highest BCUT2D eigenvalue weighted by molar-refractivity contribution is 5.74. The van der Waals surface area contributed by atoms with Crippen LogP contribution >= 0.6 is 0 Å². The maximum absolute atomic E-state index is 12.0. The molecule has 0 spiro atoms. The van der Waals surface area contributed by atoms with E-state index in [2.05, 4.69) is 9.88 Å². The van der Waals surface area contributed by atoms with Crippen LogP contribution in [0.15, 0.2) is 24.3 Å². The van der Waals surface area contributed by atoms with Gasteiger partial charge in [0.2, 0.25) is 0 Å². The molecule has 2 aliphatic rings. The van der Waals surface area contributed by atoms with Crippen LogP contribution in [0.1, 0.15) is 39.1 Å². The van der Waals surface area contributed by atoms with E-state index >= 15 is 0 Å². The zero-order chi connectivity index (χ0) is 20.4. The Morgan fingerprint density at radius 1 is 1.31 bits per heavy atom. The molecule has 4 rings (SSSR count). The predicted octanol–water partition coefficient (Wildman–Crippen LogP) is 2.92. The topological polar surface area (TPSA) is 79.9 Å². The van der Waals surface area contributed by atoms with Crippen molar-refractivity contribution in [3.8, 4) is 0 Å². The molecular formula is C21H30N4O4. The van der Waals surface area contributed by atoms with Crippen LogP contribution in [0, 0.1) is 0 Å². The average molecular weight is 402 g/mol. The maximum Gasteiger partial charge on any atom is 0.409 e. The van der Waals surface area contributed by atoms with Crippen LogP contribution in [0.2, 0.25) is 0 Å². The fourth-order valence-corrected chi connectivity index (χ4v) is 4.12. The molecule has 2 saturated heterocycles. The van der Waals surface area contributed by atoms with Crippen molar-refractivity contribution in [1.82, 2.24) is 19.8 Å². The van der Waals surface area contributed by atoms with Crippen molar-refractivity contribution >= 4 is 17.1 Å². The Balaban J connectivity index is 1.51. The van der Waals surface area contributed by atoms with Gasteiger partial charge >= 0.3 is 6.09 Å². The summed E-state index contributed by atoms with van der Waals surface area (Å²) in [5.41, 5.74) is 1.99. The van der Waals surface area contributed by atoms with E-state index in [1.165, 1.54) is 0 Å². The summed E-state index contributed by atoms with van der Waals surface area (Å²) in [5.74, 6) is 0.384. The Labute approximate surface area is 171 Å². The highest BCUT2D eigenvalue weighted by Gasteiger charge is 2.37. The Hall–Kier alpha value is -2.16. The molecule has 2 unspecified atom stereocenters. The number of nitrogens with zero attached hydrogens (tertiary/aromatic N) is 3. The molecule has 1 N–H and O–H groups in total. The standard InChI is InChI=1S/C21H30N4O4/c1-4-27-20(26)25-11-9-24(10-12-25)18(13-15-14-28-21(2,3)29-15)19-22-16-7-5-6-8-17(16)23-19/h5-8,15,18H,4,9-14H2,1-3H3,(H,22,23). The van der Waals surface area contributed by atoms with Gasteiger partial charge in [-0.3, -0.25) is 4.90 Å². The fraction of sp³-hybridized carbons (Fsp3) is 0.619. The molecule has 8 nitrogen and oxygen atoms in total. The van der Waals surface area contributed by atoms with Gasteiger partial charge in [-0.05, 0) is 39.3 Å². The number of amides is 1. The lowest BCUT2D eigenvalue weighted by molar-refractivity contribution is -0.141. The summed E-state index contributed by atoms with van der Waals surface area (Å²) in [6, 6.07) is 8.13. The van der Waals surface area contributed by atoms with E-state index in [4.69, 9.17) is 19.2 Å². The molecule has 2 aromatic rings.